The van der Waals surface area contributed by atoms with Crippen LogP contribution in [0.25, 0.3) is 11.0 Å². The van der Waals surface area contributed by atoms with Crippen LogP contribution in [0.1, 0.15) is 26.0 Å². The Morgan fingerprint density at radius 2 is 1.86 bits per heavy atom. The molecule has 0 spiro atoms. The van der Waals surface area contributed by atoms with Gasteiger partial charge in [-0.25, -0.2) is 13.9 Å². The van der Waals surface area contributed by atoms with E-state index in [1.807, 2.05) is 43.0 Å². The van der Waals surface area contributed by atoms with Crippen LogP contribution < -0.4 is 21.1 Å². The van der Waals surface area contributed by atoms with E-state index in [0.717, 1.165) is 42.2 Å². The summed E-state index contributed by atoms with van der Waals surface area (Å²) < 4.78 is 29.4. The second kappa shape index (κ2) is 12.4. The van der Waals surface area contributed by atoms with Crippen LogP contribution in [0, 0.1) is 0 Å². The van der Waals surface area contributed by atoms with E-state index in [1.165, 1.54) is 20.9 Å². The molecule has 1 atom stereocenters. The highest BCUT2D eigenvalue weighted by Crippen LogP contribution is 2.24. The highest BCUT2D eigenvalue weighted by atomic mass is 32.2. The number of nitrogens with one attached hydrogen (secondary N) is 2. The van der Waals surface area contributed by atoms with E-state index < -0.39 is 10.0 Å². The van der Waals surface area contributed by atoms with Crippen LogP contribution in [0.2, 0.25) is 0 Å². The van der Waals surface area contributed by atoms with Gasteiger partial charge in [0.1, 0.15) is 11.3 Å². The van der Waals surface area contributed by atoms with Crippen LogP contribution in [0.5, 0.6) is 0 Å². The molecule has 0 amide bonds. The molecule has 44 heavy (non-hydrogen) atoms. The number of pyridine rings is 1. The fraction of sp³-hybridized carbons (Fsp3) is 0.333. The first-order chi connectivity index (χ1) is 21.3. The van der Waals surface area contributed by atoms with E-state index in [-0.39, 0.29) is 16.4 Å². The number of nitrogens with zero attached hydrogens (tertiary/aromatic N) is 7. The number of anilines is 4. The van der Waals surface area contributed by atoms with Crippen LogP contribution >= 0.6 is 11.3 Å². The number of hydrogen-bond donors (Lipinski definition) is 2. The van der Waals surface area contributed by atoms with Crippen molar-refractivity contribution in [2.24, 2.45) is 0 Å². The Kier molecular flexibility index (Phi) is 8.38. The van der Waals surface area contributed by atoms with E-state index in [0.29, 0.717) is 47.5 Å². The largest absolute Gasteiger partial charge is 0.381 e. The minimum Gasteiger partial charge on any atom is -0.381 e. The number of thiazole rings is 1. The van der Waals surface area contributed by atoms with Crippen molar-refractivity contribution in [3.05, 3.63) is 82.5 Å². The van der Waals surface area contributed by atoms with Gasteiger partial charge in [0.05, 0.1) is 12.2 Å². The van der Waals surface area contributed by atoms with E-state index in [4.69, 9.17) is 4.98 Å². The average molecular weight is 634 g/mol. The topological polar surface area (TPSA) is 130 Å². The fourth-order valence-electron chi connectivity index (χ4n) is 5.55. The van der Waals surface area contributed by atoms with Crippen molar-refractivity contribution in [3.8, 4) is 0 Å². The zero-order chi connectivity index (χ0) is 30.8. The number of rotatable bonds is 11. The van der Waals surface area contributed by atoms with Crippen LogP contribution in [-0.4, -0.2) is 76.1 Å². The number of aromatic nitrogens is 5. The minimum absolute atomic E-state index is 0.0186. The molecule has 14 heteroatoms. The van der Waals surface area contributed by atoms with Crippen LogP contribution in [0.3, 0.4) is 0 Å². The Balaban J connectivity index is 1.35. The van der Waals surface area contributed by atoms with Gasteiger partial charge in [0.2, 0.25) is 10.3 Å². The molecular formula is C30H35N9O3S2. The van der Waals surface area contributed by atoms with Gasteiger partial charge in [0.15, 0.2) is 0 Å². The van der Waals surface area contributed by atoms with Crippen molar-refractivity contribution in [3.63, 3.8) is 0 Å². The number of benzene rings is 1. The molecule has 0 radical (unpaired) electrons. The van der Waals surface area contributed by atoms with Crippen molar-refractivity contribution in [2.45, 2.75) is 37.2 Å². The lowest BCUT2D eigenvalue weighted by molar-refractivity contribution is 0.414. The number of likely N-dealkylation sites (N-methyl/N-ethyl adjacent to an activating group) is 1. The molecule has 5 aromatic rings. The number of fused-ring (bicyclic) bond motifs is 1. The summed E-state index contributed by atoms with van der Waals surface area (Å²) in [5, 5.41) is 9.11. The van der Waals surface area contributed by atoms with Crippen LogP contribution in [-0.2, 0) is 16.6 Å². The summed E-state index contributed by atoms with van der Waals surface area (Å²) in [6.07, 6.45) is 5.72. The summed E-state index contributed by atoms with van der Waals surface area (Å²) in [6, 6.07) is 13.5. The SMILES string of the molecule is CCN(CC)c1cc2cnc(Nc3ccc(NC4CCN(C)C4)cc3)nc2n(Cc2cccn2S(=O)(=O)c2nccs2)c1=O. The second-order valence-electron chi connectivity index (χ2n) is 10.8. The van der Waals surface area contributed by atoms with Gasteiger partial charge in [-0.05, 0) is 76.3 Å². The monoisotopic (exact) mass is 633 g/mol. The molecule has 6 rings (SSSR count). The zero-order valence-electron chi connectivity index (χ0n) is 24.8. The second-order valence-corrected chi connectivity index (χ2v) is 13.6. The van der Waals surface area contributed by atoms with Gasteiger partial charge in [0.25, 0.3) is 15.6 Å². The van der Waals surface area contributed by atoms with Gasteiger partial charge in [-0.3, -0.25) is 9.36 Å². The molecule has 1 aliphatic rings. The van der Waals surface area contributed by atoms with Crippen LogP contribution in [0.15, 0.2) is 75.6 Å². The fourth-order valence-corrected chi connectivity index (χ4v) is 7.83. The quantitative estimate of drug-likeness (QED) is 0.220. The lowest BCUT2D eigenvalue weighted by Crippen LogP contribution is -2.33. The van der Waals surface area contributed by atoms with Gasteiger partial charge in [-0.15, -0.1) is 11.3 Å². The molecule has 0 bridgehead atoms. The van der Waals surface area contributed by atoms with Crippen molar-refractivity contribution in [1.82, 2.24) is 28.4 Å². The Morgan fingerprint density at radius 1 is 1.09 bits per heavy atom. The van der Waals surface area contributed by atoms with Crippen molar-refractivity contribution in [1.29, 1.82) is 0 Å². The molecule has 0 saturated carbocycles. The third-order valence-corrected chi connectivity index (χ3v) is 10.7. The van der Waals surface area contributed by atoms with Gasteiger partial charge in [0, 0.05) is 66.4 Å². The summed E-state index contributed by atoms with van der Waals surface area (Å²) in [5.74, 6) is 0.324. The van der Waals surface area contributed by atoms with Crippen molar-refractivity contribution < 1.29 is 8.42 Å². The Morgan fingerprint density at radius 3 is 2.55 bits per heavy atom. The molecular weight excluding hydrogens is 599 g/mol. The highest BCUT2D eigenvalue weighted by molar-refractivity contribution is 7.91. The standard InChI is InChI=1S/C30H35N9O3S2/c1-4-37(5-2)26-17-21-18-32-29(34-23-10-8-22(9-11-23)33-24-12-15-36(3)19-24)35-27(21)38(28(26)40)20-25-7-6-14-39(25)44(41,42)30-31-13-16-43-30/h6-11,13-14,16-18,24,33H,4-5,12,15,19-20H2,1-3H3,(H,32,34,35). The van der Waals surface area contributed by atoms with Gasteiger partial charge < -0.3 is 20.4 Å². The molecule has 2 N–H and O–H groups in total. The maximum Gasteiger partial charge on any atom is 0.295 e. The maximum absolute atomic E-state index is 14.0. The lowest BCUT2D eigenvalue weighted by atomic mass is 10.2. The first-order valence-electron chi connectivity index (χ1n) is 14.6. The van der Waals surface area contributed by atoms with Crippen LogP contribution in [0.4, 0.5) is 23.0 Å². The molecule has 5 heterocycles. The predicted octanol–water partition coefficient (Wildman–Crippen LogP) is 4.04. The summed E-state index contributed by atoms with van der Waals surface area (Å²) in [5.41, 5.74) is 2.89. The van der Waals surface area contributed by atoms with Crippen molar-refractivity contribution >= 4 is 55.4 Å². The molecule has 1 fully saturated rings. The summed E-state index contributed by atoms with van der Waals surface area (Å²) in [7, 11) is -1.79. The van der Waals surface area contributed by atoms with Crippen molar-refractivity contribution in [2.75, 3.05) is 48.8 Å². The van der Waals surface area contributed by atoms with Gasteiger partial charge >= 0.3 is 0 Å². The van der Waals surface area contributed by atoms with E-state index >= 15 is 0 Å². The molecule has 4 aromatic heterocycles. The normalized spacial score (nSPS) is 15.6. The molecule has 1 saturated heterocycles. The maximum atomic E-state index is 14.0. The molecule has 1 aliphatic heterocycles. The Hall–Kier alpha value is -4.27. The zero-order valence-corrected chi connectivity index (χ0v) is 26.5. The Bertz CT molecular complexity index is 1920. The molecule has 12 nitrogen and oxygen atoms in total. The first kappa shape index (κ1) is 29.8. The number of likely N-dealkylation sites (tertiary alicyclic amines) is 1. The van der Waals surface area contributed by atoms with E-state index in [1.54, 1.807) is 29.8 Å². The molecule has 1 aromatic carbocycles. The lowest BCUT2D eigenvalue weighted by Gasteiger charge is -2.22. The smallest absolute Gasteiger partial charge is 0.295 e. The summed E-state index contributed by atoms with van der Waals surface area (Å²) >= 11 is 1.04. The average Bonchev–Trinajstić information content (AvgIpc) is 3.80. The first-order valence-corrected chi connectivity index (χ1v) is 16.9. The highest BCUT2D eigenvalue weighted by Gasteiger charge is 2.24. The molecule has 0 aliphatic carbocycles. The Labute approximate surface area is 260 Å². The third-order valence-electron chi connectivity index (χ3n) is 7.82. The van der Waals surface area contributed by atoms with E-state index in [9.17, 15) is 13.2 Å². The third kappa shape index (κ3) is 5.92. The summed E-state index contributed by atoms with van der Waals surface area (Å²) in [6.45, 7) is 7.33. The summed E-state index contributed by atoms with van der Waals surface area (Å²) in [4.78, 5) is 31.6. The van der Waals surface area contributed by atoms with Gasteiger partial charge in [-0.2, -0.15) is 13.4 Å². The predicted molar refractivity (Wildman–Crippen MR) is 175 cm³/mol. The van der Waals surface area contributed by atoms with Gasteiger partial charge in [-0.1, -0.05) is 0 Å². The minimum atomic E-state index is -3.92. The van der Waals surface area contributed by atoms with E-state index in [2.05, 4.69) is 32.5 Å². The number of hydrogen-bond acceptors (Lipinski definition) is 11. The molecule has 1 unspecified atom stereocenters. The molecule has 230 valence electrons.